The SMILES string of the molecule is CCCCCCc1ccc(C(=O)Oc2cc(-c3ccccc3)nn2-c2ccc(C)cc2)cc1. The van der Waals surface area contributed by atoms with E-state index in [0.29, 0.717) is 11.4 Å². The van der Waals surface area contributed by atoms with Crippen LogP contribution in [0.5, 0.6) is 5.88 Å². The van der Waals surface area contributed by atoms with Crippen LogP contribution in [0.2, 0.25) is 0 Å². The second-order valence-electron chi connectivity index (χ2n) is 8.38. The van der Waals surface area contributed by atoms with Gasteiger partial charge in [-0.25, -0.2) is 9.48 Å². The van der Waals surface area contributed by atoms with Crippen molar-refractivity contribution in [2.24, 2.45) is 0 Å². The van der Waals surface area contributed by atoms with E-state index in [0.717, 1.165) is 28.9 Å². The molecule has 4 nitrogen and oxygen atoms in total. The largest absolute Gasteiger partial charge is 0.404 e. The third kappa shape index (κ3) is 5.78. The minimum absolute atomic E-state index is 0.389. The highest BCUT2D eigenvalue weighted by Crippen LogP contribution is 2.27. The van der Waals surface area contributed by atoms with Gasteiger partial charge in [0.05, 0.1) is 16.9 Å². The maximum Gasteiger partial charge on any atom is 0.344 e. The van der Waals surface area contributed by atoms with E-state index in [4.69, 9.17) is 9.84 Å². The van der Waals surface area contributed by atoms with Crippen molar-refractivity contribution in [2.75, 3.05) is 0 Å². The molecule has 0 saturated heterocycles. The first-order chi connectivity index (χ1) is 16.1. The van der Waals surface area contributed by atoms with Crippen molar-refractivity contribution in [3.05, 3.63) is 102 Å². The lowest BCUT2D eigenvalue weighted by molar-refractivity contribution is 0.0723. The molecule has 1 aromatic heterocycles. The second-order valence-corrected chi connectivity index (χ2v) is 8.38. The fourth-order valence-electron chi connectivity index (χ4n) is 3.77. The molecule has 0 bridgehead atoms. The van der Waals surface area contributed by atoms with Crippen molar-refractivity contribution in [2.45, 2.75) is 46.0 Å². The predicted molar refractivity (Wildman–Crippen MR) is 133 cm³/mol. The molecule has 33 heavy (non-hydrogen) atoms. The minimum Gasteiger partial charge on any atom is -0.404 e. The van der Waals surface area contributed by atoms with E-state index in [1.165, 1.54) is 31.2 Å². The zero-order valence-electron chi connectivity index (χ0n) is 19.3. The van der Waals surface area contributed by atoms with Crippen LogP contribution >= 0.6 is 0 Å². The van der Waals surface area contributed by atoms with Crippen LogP contribution in [0.4, 0.5) is 0 Å². The molecule has 0 aliphatic rings. The number of benzene rings is 3. The van der Waals surface area contributed by atoms with Crippen LogP contribution in [0.1, 0.15) is 54.1 Å². The van der Waals surface area contributed by atoms with E-state index in [1.54, 1.807) is 4.68 Å². The molecule has 0 saturated carbocycles. The van der Waals surface area contributed by atoms with Gasteiger partial charge >= 0.3 is 5.97 Å². The molecule has 4 aromatic rings. The first-order valence-electron chi connectivity index (χ1n) is 11.7. The molecular formula is C29H30N2O2. The number of rotatable bonds is 9. The average Bonchev–Trinajstić information content (AvgIpc) is 3.27. The van der Waals surface area contributed by atoms with Crippen molar-refractivity contribution >= 4 is 5.97 Å². The van der Waals surface area contributed by atoms with E-state index in [9.17, 15) is 4.79 Å². The summed E-state index contributed by atoms with van der Waals surface area (Å²) in [7, 11) is 0. The summed E-state index contributed by atoms with van der Waals surface area (Å²) in [6.45, 7) is 4.25. The number of ether oxygens (including phenoxy) is 1. The number of unbranched alkanes of at least 4 members (excludes halogenated alkanes) is 3. The number of carbonyl (C=O) groups excluding carboxylic acids is 1. The first-order valence-corrected chi connectivity index (χ1v) is 11.7. The van der Waals surface area contributed by atoms with Gasteiger partial charge in [-0.15, -0.1) is 0 Å². The third-order valence-electron chi connectivity index (χ3n) is 5.73. The maximum atomic E-state index is 12.9. The molecule has 168 valence electrons. The van der Waals surface area contributed by atoms with Crippen LogP contribution in [0.25, 0.3) is 16.9 Å². The van der Waals surface area contributed by atoms with Gasteiger partial charge in [-0.1, -0.05) is 86.3 Å². The molecule has 0 radical (unpaired) electrons. The van der Waals surface area contributed by atoms with Gasteiger partial charge in [0.1, 0.15) is 0 Å². The molecule has 1 heterocycles. The molecule has 0 amide bonds. The number of carbonyl (C=O) groups is 1. The number of nitrogens with zero attached hydrogens (tertiary/aromatic N) is 2. The summed E-state index contributed by atoms with van der Waals surface area (Å²) in [5.74, 6) is 0.00625. The standard InChI is InChI=1S/C29H30N2O2/c1-3-4-5-7-10-23-15-17-25(18-16-23)29(32)33-28-21-27(24-11-8-6-9-12-24)30-31(28)26-19-13-22(2)14-20-26/h6,8-9,11-21H,3-5,7,10H2,1-2H3. The monoisotopic (exact) mass is 438 g/mol. The fourth-order valence-corrected chi connectivity index (χ4v) is 3.77. The highest BCUT2D eigenvalue weighted by Gasteiger charge is 2.17. The summed E-state index contributed by atoms with van der Waals surface area (Å²) in [5.41, 5.74) is 5.49. The molecule has 0 unspecified atom stereocenters. The van der Waals surface area contributed by atoms with E-state index >= 15 is 0 Å². The van der Waals surface area contributed by atoms with Gasteiger partial charge in [0.25, 0.3) is 0 Å². The lowest BCUT2D eigenvalue weighted by Gasteiger charge is -2.09. The summed E-state index contributed by atoms with van der Waals surface area (Å²) >= 11 is 0. The van der Waals surface area contributed by atoms with Crippen molar-refractivity contribution in [3.8, 4) is 22.8 Å². The Hall–Kier alpha value is -3.66. The number of esters is 1. The van der Waals surface area contributed by atoms with Crippen LogP contribution in [-0.4, -0.2) is 15.7 Å². The highest BCUT2D eigenvalue weighted by atomic mass is 16.5. The minimum atomic E-state index is -0.389. The van der Waals surface area contributed by atoms with Crippen LogP contribution in [0.15, 0.2) is 84.9 Å². The van der Waals surface area contributed by atoms with Gasteiger partial charge < -0.3 is 4.74 Å². The number of hydrogen-bond donors (Lipinski definition) is 0. The number of hydrogen-bond acceptors (Lipinski definition) is 3. The quantitative estimate of drug-likeness (QED) is 0.205. The predicted octanol–water partition coefficient (Wildman–Crippen LogP) is 7.19. The Morgan fingerprint density at radius 3 is 2.30 bits per heavy atom. The van der Waals surface area contributed by atoms with Crippen LogP contribution < -0.4 is 4.74 Å². The summed E-state index contributed by atoms with van der Waals surface area (Å²) < 4.78 is 7.52. The summed E-state index contributed by atoms with van der Waals surface area (Å²) in [4.78, 5) is 12.9. The van der Waals surface area contributed by atoms with Crippen molar-refractivity contribution < 1.29 is 9.53 Å². The van der Waals surface area contributed by atoms with Gasteiger partial charge in [0, 0.05) is 11.6 Å². The zero-order valence-corrected chi connectivity index (χ0v) is 19.3. The average molecular weight is 439 g/mol. The molecule has 0 aliphatic heterocycles. The van der Waals surface area contributed by atoms with Gasteiger partial charge in [-0.05, 0) is 49.6 Å². The zero-order chi connectivity index (χ0) is 23.0. The first kappa shape index (κ1) is 22.5. The Balaban J connectivity index is 1.55. The molecule has 0 N–H and O–H groups in total. The Kier molecular flexibility index (Phi) is 7.36. The van der Waals surface area contributed by atoms with Gasteiger partial charge in [0.2, 0.25) is 5.88 Å². The fraction of sp³-hybridized carbons (Fsp3) is 0.241. The molecule has 4 rings (SSSR count). The van der Waals surface area contributed by atoms with E-state index in [1.807, 2.05) is 91.9 Å². The molecule has 0 spiro atoms. The smallest absolute Gasteiger partial charge is 0.344 e. The molecular weight excluding hydrogens is 408 g/mol. The lowest BCUT2D eigenvalue weighted by Crippen LogP contribution is -2.11. The van der Waals surface area contributed by atoms with Crippen LogP contribution in [-0.2, 0) is 6.42 Å². The molecule has 0 atom stereocenters. The highest BCUT2D eigenvalue weighted by molar-refractivity contribution is 5.91. The molecule has 0 aliphatic carbocycles. The van der Waals surface area contributed by atoms with Gasteiger partial charge in [-0.3, -0.25) is 0 Å². The van der Waals surface area contributed by atoms with Crippen molar-refractivity contribution in [1.82, 2.24) is 9.78 Å². The topological polar surface area (TPSA) is 44.1 Å². The van der Waals surface area contributed by atoms with Crippen LogP contribution in [0, 0.1) is 6.92 Å². The Labute approximate surface area is 195 Å². The normalized spacial score (nSPS) is 10.8. The van der Waals surface area contributed by atoms with E-state index in [-0.39, 0.29) is 5.97 Å². The summed E-state index contributed by atoms with van der Waals surface area (Å²) in [6, 6.07) is 27.4. The number of aryl methyl sites for hydroxylation is 2. The lowest BCUT2D eigenvalue weighted by atomic mass is 10.0. The summed E-state index contributed by atoms with van der Waals surface area (Å²) in [6.07, 6.45) is 5.96. The molecule has 3 aromatic carbocycles. The van der Waals surface area contributed by atoms with Crippen molar-refractivity contribution in [3.63, 3.8) is 0 Å². The van der Waals surface area contributed by atoms with Crippen molar-refractivity contribution in [1.29, 1.82) is 0 Å². The third-order valence-corrected chi connectivity index (χ3v) is 5.73. The Morgan fingerprint density at radius 2 is 1.61 bits per heavy atom. The molecule has 0 fully saturated rings. The Bertz CT molecular complexity index is 1180. The Morgan fingerprint density at radius 1 is 0.879 bits per heavy atom. The van der Waals surface area contributed by atoms with E-state index < -0.39 is 0 Å². The molecule has 4 heteroatoms. The van der Waals surface area contributed by atoms with Gasteiger partial charge in [0.15, 0.2) is 0 Å². The summed E-state index contributed by atoms with van der Waals surface area (Å²) in [5, 5.41) is 4.73. The maximum absolute atomic E-state index is 12.9. The van der Waals surface area contributed by atoms with E-state index in [2.05, 4.69) is 6.92 Å². The van der Waals surface area contributed by atoms with Crippen LogP contribution in [0.3, 0.4) is 0 Å². The second kappa shape index (κ2) is 10.8. The van der Waals surface area contributed by atoms with Gasteiger partial charge in [-0.2, -0.15) is 5.10 Å². The number of aromatic nitrogens is 2.